The van der Waals surface area contributed by atoms with Crippen LogP contribution in [0, 0.1) is 0 Å². The normalized spacial score (nSPS) is 18.2. The predicted octanol–water partition coefficient (Wildman–Crippen LogP) is -0.126. The van der Waals surface area contributed by atoms with Gasteiger partial charge in [-0.3, -0.25) is 10.9 Å². The van der Waals surface area contributed by atoms with Gasteiger partial charge in [-0.1, -0.05) is 29.6 Å². The van der Waals surface area contributed by atoms with E-state index >= 15 is 0 Å². The molecule has 3 nitrogen and oxygen atoms in total. The van der Waals surface area contributed by atoms with E-state index in [1.807, 2.05) is 0 Å². The average molecular weight is 186 g/mol. The maximum absolute atomic E-state index is 4.79. The molecule has 1 rings (SSSR count). The van der Waals surface area contributed by atoms with Crippen LogP contribution in [0.1, 0.15) is 0 Å². The monoisotopic (exact) mass is 186 g/mol. The predicted molar refractivity (Wildman–Crippen MR) is 52.5 cm³/mol. The molecule has 0 bridgehead atoms. The van der Waals surface area contributed by atoms with Crippen molar-refractivity contribution in [2.75, 3.05) is 0 Å². The number of hydrogen-bond donors (Lipinski definition) is 4. The Balaban J connectivity index is 0.000000810. The summed E-state index contributed by atoms with van der Waals surface area (Å²) in [5, 5.41) is 0.675. The maximum atomic E-state index is 4.79. The van der Waals surface area contributed by atoms with Gasteiger partial charge < -0.3 is 0 Å². The molecule has 0 saturated carbocycles. The molecule has 0 aromatic rings. The Hall–Kier alpha value is 0.687. The van der Waals surface area contributed by atoms with Gasteiger partial charge in [-0.15, -0.1) is 12.6 Å². The summed E-state index contributed by atoms with van der Waals surface area (Å²) in [6, 6.07) is 0. The van der Waals surface area contributed by atoms with Crippen LogP contribution < -0.4 is 10.9 Å². The number of hydrogen-bond acceptors (Lipinski definition) is 5. The first-order chi connectivity index (χ1) is 4.18. The van der Waals surface area contributed by atoms with Crippen molar-refractivity contribution >= 4 is 61.5 Å². The Kier molecular flexibility index (Phi) is 4.85. The van der Waals surface area contributed by atoms with Gasteiger partial charge in [0.1, 0.15) is 4.99 Å². The molecule has 0 aliphatic carbocycles. The molecule has 2 N–H and O–H groups in total. The zero-order chi connectivity index (χ0) is 6.85. The average Bonchev–Trinajstić information content (AvgIpc) is 1.59. The van der Waals surface area contributed by atoms with E-state index in [1.165, 1.54) is 4.52 Å². The minimum atomic E-state index is 0. The molecule has 1 aliphatic heterocycles. The van der Waals surface area contributed by atoms with E-state index in [0.29, 0.717) is 10.0 Å². The van der Waals surface area contributed by atoms with Crippen molar-refractivity contribution in [3.63, 3.8) is 0 Å². The van der Waals surface area contributed by atoms with Gasteiger partial charge in [0.25, 0.3) is 0 Å². The van der Waals surface area contributed by atoms with Gasteiger partial charge in [-0.25, -0.2) is 0 Å². The van der Waals surface area contributed by atoms with Crippen LogP contribution in [0.3, 0.4) is 0 Å². The number of thiocarbonyl (C=S) groups is 1. The van der Waals surface area contributed by atoms with Gasteiger partial charge in [0.05, 0.1) is 5.03 Å². The third-order valence-corrected chi connectivity index (χ3v) is 1.34. The van der Waals surface area contributed by atoms with E-state index in [1.54, 1.807) is 6.08 Å². The number of thiol groups is 2. The summed E-state index contributed by atoms with van der Waals surface area (Å²) in [7, 11) is 0. The second kappa shape index (κ2) is 4.54. The third kappa shape index (κ3) is 3.19. The van der Waals surface area contributed by atoms with Gasteiger partial charge in [-0.05, 0) is 0 Å². The van der Waals surface area contributed by atoms with E-state index in [0.717, 1.165) is 0 Å². The Bertz CT molecular complexity index is 170. The van der Waals surface area contributed by atoms with Gasteiger partial charge in [0, 0.05) is 24.9 Å². The van der Waals surface area contributed by atoms with Crippen molar-refractivity contribution in [1.82, 2.24) is 15.4 Å². The van der Waals surface area contributed by atoms with Crippen LogP contribution in [0.5, 0.6) is 0 Å². The topological polar surface area (TPSA) is 27.3 Å². The molecule has 0 saturated heterocycles. The van der Waals surface area contributed by atoms with Crippen molar-refractivity contribution < 1.29 is 0 Å². The summed E-state index contributed by atoms with van der Waals surface area (Å²) in [6.45, 7) is 0. The quantitative estimate of drug-likeness (QED) is 0.241. The smallest absolute Gasteiger partial charge is 0.118 e. The molecule has 0 aromatic heterocycles. The van der Waals surface area contributed by atoms with Crippen molar-refractivity contribution in [3.8, 4) is 0 Å². The zero-order valence-corrected chi connectivity index (χ0v) is 7.93. The molecule has 10 heavy (non-hydrogen) atoms. The minimum Gasteiger partial charge on any atom is -0.286 e. The molecular weight excluding hydrogens is 181 g/mol. The number of nitrogens with one attached hydrogen (secondary N) is 2. The fourth-order valence-corrected chi connectivity index (χ4v) is 1.32. The molecule has 51 valence electrons. The summed E-state index contributed by atoms with van der Waals surface area (Å²) >= 11 is 12.7. The molecule has 0 atom stereocenters. The Labute approximate surface area is 87.7 Å². The van der Waals surface area contributed by atoms with Crippen LogP contribution in [0.2, 0.25) is 0 Å². The molecule has 0 unspecified atom stereocenters. The van der Waals surface area contributed by atoms with Crippen molar-refractivity contribution in [3.05, 3.63) is 11.1 Å². The second-order valence-corrected chi connectivity index (χ2v) is 2.75. The molecule has 1 radical (unpaired) electrons. The Morgan fingerprint density at radius 2 is 2.10 bits per heavy atom. The van der Waals surface area contributed by atoms with Crippen LogP contribution in [-0.2, 0) is 0 Å². The number of hydrazine groups is 2. The van der Waals surface area contributed by atoms with Crippen LogP contribution in [0.15, 0.2) is 11.1 Å². The molecule has 1 heterocycles. The van der Waals surface area contributed by atoms with Gasteiger partial charge >= 0.3 is 0 Å². The summed E-state index contributed by atoms with van der Waals surface area (Å²) in [5.74, 6) is 0. The molecule has 1 aliphatic rings. The number of rotatable bonds is 0. The third-order valence-electron chi connectivity index (χ3n) is 0.704. The summed E-state index contributed by atoms with van der Waals surface area (Å²) in [6.07, 6.45) is 1.69. The molecule has 0 aromatic carbocycles. The van der Waals surface area contributed by atoms with Crippen LogP contribution in [0.4, 0.5) is 0 Å². The van der Waals surface area contributed by atoms with Crippen LogP contribution >= 0.6 is 37.7 Å². The Morgan fingerprint density at radius 3 is 2.50 bits per heavy atom. The van der Waals surface area contributed by atoms with Crippen molar-refractivity contribution in [2.45, 2.75) is 0 Å². The SMILES string of the molecule is S=C1C=C(S)NN(S)N1.[Li]. The fourth-order valence-electron chi connectivity index (χ4n) is 0.430. The summed E-state index contributed by atoms with van der Waals surface area (Å²) in [4.78, 5) is 0.591. The van der Waals surface area contributed by atoms with Gasteiger partial charge in [-0.2, -0.15) is 0 Å². The van der Waals surface area contributed by atoms with E-state index < -0.39 is 0 Å². The molecule has 7 heteroatoms. The molecule has 0 fully saturated rings. The first-order valence-corrected chi connectivity index (χ1v) is 3.41. The molecule has 0 amide bonds. The maximum Gasteiger partial charge on any atom is 0.118 e. The standard InChI is InChI=1S/C3H5N3S3.Li/c7-2-1-3(8)5-6(9)4-2;/h1,4,7,9H,(H,5,8);. The summed E-state index contributed by atoms with van der Waals surface area (Å²) in [5.41, 5.74) is 5.44. The van der Waals surface area contributed by atoms with E-state index in [4.69, 9.17) is 12.2 Å². The first-order valence-electron chi connectivity index (χ1n) is 2.15. The van der Waals surface area contributed by atoms with E-state index in [9.17, 15) is 0 Å². The van der Waals surface area contributed by atoms with Crippen molar-refractivity contribution in [2.24, 2.45) is 0 Å². The largest absolute Gasteiger partial charge is 0.286 e. The zero-order valence-electron chi connectivity index (χ0n) is 5.33. The fraction of sp³-hybridized carbons (Fsp3) is 0. The minimum absolute atomic E-state index is 0. The van der Waals surface area contributed by atoms with Crippen LogP contribution in [0.25, 0.3) is 0 Å². The van der Waals surface area contributed by atoms with Crippen LogP contribution in [-0.4, -0.2) is 28.4 Å². The van der Waals surface area contributed by atoms with E-state index in [-0.39, 0.29) is 18.9 Å². The summed E-state index contributed by atoms with van der Waals surface area (Å²) < 4.78 is 1.34. The number of nitrogens with zero attached hydrogens (tertiary/aromatic N) is 1. The van der Waals surface area contributed by atoms with Gasteiger partial charge in [0.2, 0.25) is 0 Å². The Morgan fingerprint density at radius 1 is 1.50 bits per heavy atom. The molecule has 0 spiro atoms. The molecular formula is C3H5LiN3S3. The van der Waals surface area contributed by atoms with E-state index in [2.05, 4.69) is 36.3 Å². The van der Waals surface area contributed by atoms with Gasteiger partial charge in [0.15, 0.2) is 0 Å². The van der Waals surface area contributed by atoms with Crippen molar-refractivity contribution in [1.29, 1.82) is 0 Å². The first kappa shape index (κ1) is 10.7. The second-order valence-electron chi connectivity index (χ2n) is 1.43.